The molecule has 1 amide bonds. The highest BCUT2D eigenvalue weighted by atomic mass is 16.5. The minimum Gasteiger partial charge on any atom is -0.488 e. The molecule has 0 bridgehead atoms. The number of carbonyl (C=O) groups is 2. The molecule has 0 aliphatic carbocycles. The molecule has 0 radical (unpaired) electrons. The normalized spacial score (nSPS) is 10.8. The predicted molar refractivity (Wildman–Crippen MR) is 125 cm³/mol. The van der Waals surface area contributed by atoms with Crippen LogP contribution in [0.15, 0.2) is 84.9 Å². The molecule has 1 N–H and O–H groups in total. The van der Waals surface area contributed by atoms with E-state index in [0.29, 0.717) is 24.5 Å². The molecule has 3 aromatic rings. The van der Waals surface area contributed by atoms with Crippen LogP contribution >= 0.6 is 0 Å². The van der Waals surface area contributed by atoms with Crippen LogP contribution in [0.1, 0.15) is 22.3 Å². The average molecular weight is 430 g/mol. The van der Waals surface area contributed by atoms with Crippen LogP contribution in [0.5, 0.6) is 5.75 Å². The predicted octanol–water partition coefficient (Wildman–Crippen LogP) is 4.61. The molecule has 3 rings (SSSR count). The van der Waals surface area contributed by atoms with E-state index in [1.165, 1.54) is 11.6 Å². The van der Waals surface area contributed by atoms with Crippen LogP contribution in [0.4, 0.5) is 0 Å². The smallest absolute Gasteiger partial charge is 0.328 e. The number of aliphatic carboxylic acids is 1. The third-order valence-corrected chi connectivity index (χ3v) is 5.08. The lowest BCUT2D eigenvalue weighted by atomic mass is 10.1. The van der Waals surface area contributed by atoms with Gasteiger partial charge in [-0.25, -0.2) is 4.79 Å². The molecular weight excluding hydrogens is 402 g/mol. The molecule has 3 aromatic carbocycles. The van der Waals surface area contributed by atoms with E-state index in [0.717, 1.165) is 23.6 Å². The number of likely N-dealkylation sites (N-methyl/N-ethyl adjacent to an activating group) is 1. The second-order valence-electron chi connectivity index (χ2n) is 7.55. The van der Waals surface area contributed by atoms with Gasteiger partial charge in [0.15, 0.2) is 0 Å². The van der Waals surface area contributed by atoms with Gasteiger partial charge in [0.05, 0.1) is 6.42 Å². The van der Waals surface area contributed by atoms with Crippen LogP contribution in [-0.2, 0) is 29.0 Å². The van der Waals surface area contributed by atoms with Crippen molar-refractivity contribution < 1.29 is 19.4 Å². The summed E-state index contributed by atoms with van der Waals surface area (Å²) in [5.41, 5.74) is 3.63. The van der Waals surface area contributed by atoms with Crippen LogP contribution < -0.4 is 4.74 Å². The summed E-state index contributed by atoms with van der Waals surface area (Å²) < 4.78 is 5.91. The number of ether oxygens (including phenoxy) is 1. The standard InChI is InChI=1S/C27H27NO4/c1-28(17-16-21-8-4-2-5-9-21)26(29)19-23-12-14-25(24(18-23)13-15-27(30)31)32-20-22-10-6-3-7-11-22/h2-15,18H,16-17,19-20H2,1H3,(H,30,31)/b15-13-. The molecule has 5 heteroatoms. The maximum absolute atomic E-state index is 12.7. The highest BCUT2D eigenvalue weighted by Gasteiger charge is 2.12. The van der Waals surface area contributed by atoms with Crippen molar-refractivity contribution in [3.8, 4) is 5.75 Å². The molecule has 0 aliphatic heterocycles. The topological polar surface area (TPSA) is 66.8 Å². The summed E-state index contributed by atoms with van der Waals surface area (Å²) in [6.07, 6.45) is 3.60. The van der Waals surface area contributed by atoms with E-state index in [1.54, 1.807) is 18.0 Å². The zero-order valence-corrected chi connectivity index (χ0v) is 18.1. The number of carboxylic acid groups (broad SMARTS) is 1. The van der Waals surface area contributed by atoms with Crippen LogP contribution in [0, 0.1) is 0 Å². The van der Waals surface area contributed by atoms with Crippen molar-refractivity contribution in [1.29, 1.82) is 0 Å². The van der Waals surface area contributed by atoms with E-state index in [2.05, 4.69) is 0 Å². The molecule has 0 aliphatic rings. The van der Waals surface area contributed by atoms with Crippen molar-refractivity contribution in [2.75, 3.05) is 13.6 Å². The van der Waals surface area contributed by atoms with Crippen molar-refractivity contribution >= 4 is 18.0 Å². The number of benzene rings is 3. The fourth-order valence-corrected chi connectivity index (χ4v) is 3.24. The van der Waals surface area contributed by atoms with Crippen LogP contribution in [0.3, 0.4) is 0 Å². The Bertz CT molecular complexity index is 1060. The number of amides is 1. The van der Waals surface area contributed by atoms with E-state index < -0.39 is 5.97 Å². The first-order valence-corrected chi connectivity index (χ1v) is 10.5. The Hall–Kier alpha value is -3.86. The van der Waals surface area contributed by atoms with E-state index >= 15 is 0 Å². The van der Waals surface area contributed by atoms with E-state index in [1.807, 2.05) is 72.8 Å². The Labute approximate surface area is 188 Å². The van der Waals surface area contributed by atoms with Gasteiger partial charge in [-0.3, -0.25) is 4.79 Å². The number of nitrogens with zero attached hydrogens (tertiary/aromatic N) is 1. The van der Waals surface area contributed by atoms with Gasteiger partial charge in [-0.05, 0) is 41.3 Å². The number of hydrogen-bond acceptors (Lipinski definition) is 3. The third-order valence-electron chi connectivity index (χ3n) is 5.08. The van der Waals surface area contributed by atoms with Crippen molar-refractivity contribution in [3.05, 3.63) is 107 Å². The molecule has 5 nitrogen and oxygen atoms in total. The van der Waals surface area contributed by atoms with Gasteiger partial charge in [0.1, 0.15) is 12.4 Å². The first-order chi connectivity index (χ1) is 15.5. The highest BCUT2D eigenvalue weighted by Crippen LogP contribution is 2.24. The second kappa shape index (κ2) is 11.5. The Morgan fingerprint density at radius 2 is 1.56 bits per heavy atom. The fraction of sp³-hybridized carbons (Fsp3) is 0.185. The molecule has 0 aromatic heterocycles. The van der Waals surface area contributed by atoms with Gasteiger partial charge in [0.2, 0.25) is 5.91 Å². The Morgan fingerprint density at radius 1 is 0.906 bits per heavy atom. The molecule has 0 spiro atoms. The summed E-state index contributed by atoms with van der Waals surface area (Å²) >= 11 is 0. The van der Waals surface area contributed by atoms with Crippen molar-refractivity contribution in [1.82, 2.24) is 4.90 Å². The SMILES string of the molecule is CN(CCc1ccccc1)C(=O)Cc1ccc(OCc2ccccc2)c(/C=C\C(=O)O)c1. The van der Waals surface area contributed by atoms with Gasteiger partial charge in [0.25, 0.3) is 0 Å². The Morgan fingerprint density at radius 3 is 2.22 bits per heavy atom. The number of rotatable bonds is 10. The van der Waals surface area contributed by atoms with Crippen molar-refractivity contribution in [3.63, 3.8) is 0 Å². The van der Waals surface area contributed by atoms with Gasteiger partial charge in [-0.1, -0.05) is 66.7 Å². The van der Waals surface area contributed by atoms with Gasteiger partial charge in [0, 0.05) is 25.2 Å². The van der Waals surface area contributed by atoms with Gasteiger partial charge < -0.3 is 14.7 Å². The van der Waals surface area contributed by atoms with E-state index in [4.69, 9.17) is 9.84 Å². The molecule has 0 unspecified atom stereocenters. The second-order valence-corrected chi connectivity index (χ2v) is 7.55. The molecule has 0 heterocycles. The van der Waals surface area contributed by atoms with Gasteiger partial charge >= 0.3 is 5.97 Å². The summed E-state index contributed by atoms with van der Waals surface area (Å²) in [6.45, 7) is 1.00. The summed E-state index contributed by atoms with van der Waals surface area (Å²) in [5.74, 6) is -0.465. The lowest BCUT2D eigenvalue weighted by Crippen LogP contribution is -2.30. The minimum atomic E-state index is -1.04. The summed E-state index contributed by atoms with van der Waals surface area (Å²) in [6, 6.07) is 25.2. The molecule has 0 fully saturated rings. The van der Waals surface area contributed by atoms with Crippen molar-refractivity contribution in [2.45, 2.75) is 19.4 Å². The molecule has 0 saturated heterocycles. The Balaban J connectivity index is 1.66. The number of carboxylic acids is 1. The molecule has 164 valence electrons. The maximum atomic E-state index is 12.7. The minimum absolute atomic E-state index is 0.00653. The first-order valence-electron chi connectivity index (χ1n) is 10.5. The lowest BCUT2D eigenvalue weighted by molar-refractivity contribution is -0.131. The highest BCUT2D eigenvalue weighted by molar-refractivity contribution is 5.86. The number of hydrogen-bond donors (Lipinski definition) is 1. The zero-order valence-electron chi connectivity index (χ0n) is 18.1. The molecule has 32 heavy (non-hydrogen) atoms. The first kappa shape index (κ1) is 22.8. The largest absolute Gasteiger partial charge is 0.488 e. The summed E-state index contributed by atoms with van der Waals surface area (Å²) in [7, 11) is 1.80. The van der Waals surface area contributed by atoms with E-state index in [-0.39, 0.29) is 12.3 Å². The average Bonchev–Trinajstić information content (AvgIpc) is 2.81. The van der Waals surface area contributed by atoms with Crippen molar-refractivity contribution in [2.24, 2.45) is 0 Å². The molecule has 0 saturated carbocycles. The monoisotopic (exact) mass is 429 g/mol. The van der Waals surface area contributed by atoms with Gasteiger partial charge in [-0.2, -0.15) is 0 Å². The lowest BCUT2D eigenvalue weighted by Gasteiger charge is -2.18. The van der Waals surface area contributed by atoms with E-state index in [9.17, 15) is 9.59 Å². The Kier molecular flexibility index (Phi) is 8.21. The summed E-state index contributed by atoms with van der Waals surface area (Å²) in [5, 5.41) is 9.03. The van der Waals surface area contributed by atoms with Crippen LogP contribution in [-0.4, -0.2) is 35.5 Å². The fourth-order valence-electron chi connectivity index (χ4n) is 3.24. The molecule has 0 atom stereocenters. The van der Waals surface area contributed by atoms with Crippen LogP contribution in [0.2, 0.25) is 0 Å². The summed E-state index contributed by atoms with van der Waals surface area (Å²) in [4.78, 5) is 25.4. The third kappa shape index (κ3) is 7.13. The number of carbonyl (C=O) groups excluding carboxylic acids is 1. The molecular formula is C27H27NO4. The quantitative estimate of drug-likeness (QED) is 0.478. The maximum Gasteiger partial charge on any atom is 0.328 e. The van der Waals surface area contributed by atoms with Crippen LogP contribution in [0.25, 0.3) is 6.08 Å². The zero-order chi connectivity index (χ0) is 22.8. The van der Waals surface area contributed by atoms with Gasteiger partial charge in [-0.15, -0.1) is 0 Å².